The van der Waals surface area contributed by atoms with Crippen LogP contribution in [-0.4, -0.2) is 70.6 Å². The number of rotatable bonds is 5. The lowest BCUT2D eigenvalue weighted by Gasteiger charge is -2.47. The third kappa shape index (κ3) is 2.66. The van der Waals surface area contributed by atoms with E-state index in [9.17, 15) is 19.2 Å². The molecule has 4 aliphatic rings. The molecule has 4 amide bonds. The average molecular weight is 425 g/mol. The van der Waals surface area contributed by atoms with Crippen LogP contribution >= 0.6 is 0 Å². The highest BCUT2D eigenvalue weighted by Crippen LogP contribution is 2.56. The molecule has 0 unspecified atom stereocenters. The molecule has 0 N–H and O–H groups in total. The highest BCUT2D eigenvalue weighted by atomic mass is 16.5. The van der Waals surface area contributed by atoms with Crippen LogP contribution in [0.4, 0.5) is 0 Å². The second kappa shape index (κ2) is 6.80. The molecule has 1 aromatic carbocycles. The predicted molar refractivity (Wildman–Crippen MR) is 110 cm³/mol. The SMILES string of the molecule is CCN1C(=O)[C@H]2[C@@H](c3ccc(OC)cc3)N3C(=O)CN(CC4CC4)C(=O)[C@@]3(C)[C@H]2C1=O. The van der Waals surface area contributed by atoms with E-state index in [1.54, 1.807) is 42.9 Å². The molecule has 0 spiro atoms. The number of piperazine rings is 1. The number of ether oxygens (including phenoxy) is 1. The van der Waals surface area contributed by atoms with E-state index < -0.39 is 23.4 Å². The fourth-order valence-corrected chi connectivity index (χ4v) is 5.77. The van der Waals surface area contributed by atoms with Crippen LogP contribution in [0.1, 0.15) is 38.3 Å². The topological polar surface area (TPSA) is 87.2 Å². The van der Waals surface area contributed by atoms with E-state index >= 15 is 0 Å². The Morgan fingerprint density at radius 1 is 1.06 bits per heavy atom. The molecule has 4 atom stereocenters. The second-order valence-electron chi connectivity index (χ2n) is 9.18. The number of benzene rings is 1. The van der Waals surface area contributed by atoms with Crippen molar-refractivity contribution in [1.82, 2.24) is 14.7 Å². The summed E-state index contributed by atoms with van der Waals surface area (Å²) in [6.45, 7) is 4.23. The minimum Gasteiger partial charge on any atom is -0.497 e. The first-order chi connectivity index (χ1) is 14.8. The number of nitrogens with zero attached hydrogens (tertiary/aromatic N) is 3. The van der Waals surface area contributed by atoms with Crippen LogP contribution in [0.3, 0.4) is 0 Å². The zero-order valence-electron chi connectivity index (χ0n) is 18.0. The van der Waals surface area contributed by atoms with Crippen molar-refractivity contribution in [2.24, 2.45) is 17.8 Å². The van der Waals surface area contributed by atoms with E-state index in [4.69, 9.17) is 4.74 Å². The number of hydrogen-bond donors (Lipinski definition) is 0. The van der Waals surface area contributed by atoms with Crippen molar-refractivity contribution in [3.8, 4) is 5.75 Å². The third-order valence-electron chi connectivity index (χ3n) is 7.43. The monoisotopic (exact) mass is 425 g/mol. The number of likely N-dealkylation sites (tertiary alicyclic amines) is 1. The standard InChI is InChI=1S/C23H27N3O5/c1-4-25-20(28)17-18(21(25)29)23(2)22(30)24(11-13-5-6-13)12-16(27)26(23)19(17)14-7-9-15(31-3)10-8-14/h7-10,13,17-19H,4-6,11-12H2,1-3H3/t17-,18-,19-,23-/m1/s1. The summed E-state index contributed by atoms with van der Waals surface area (Å²) >= 11 is 0. The smallest absolute Gasteiger partial charge is 0.249 e. The number of methoxy groups -OCH3 is 1. The quantitative estimate of drug-likeness (QED) is 0.662. The number of amides is 4. The summed E-state index contributed by atoms with van der Waals surface area (Å²) in [4.78, 5) is 58.2. The molecule has 0 radical (unpaired) electrons. The molecule has 8 heteroatoms. The van der Waals surface area contributed by atoms with Gasteiger partial charge in [-0.05, 0) is 50.3 Å². The van der Waals surface area contributed by atoms with E-state index in [1.807, 2.05) is 12.1 Å². The van der Waals surface area contributed by atoms with Gasteiger partial charge in [0.1, 0.15) is 11.3 Å². The number of imide groups is 1. The molecule has 0 bridgehead atoms. The zero-order chi connectivity index (χ0) is 22.1. The number of carbonyl (C=O) groups excluding carboxylic acids is 4. The van der Waals surface area contributed by atoms with Crippen molar-refractivity contribution in [1.29, 1.82) is 0 Å². The zero-order valence-corrected chi connectivity index (χ0v) is 18.0. The normalized spacial score (nSPS) is 32.6. The molecule has 8 nitrogen and oxygen atoms in total. The van der Waals surface area contributed by atoms with Gasteiger partial charge >= 0.3 is 0 Å². The first-order valence-corrected chi connectivity index (χ1v) is 10.9. The molecule has 3 heterocycles. The Labute approximate surface area is 181 Å². The second-order valence-corrected chi connectivity index (χ2v) is 9.18. The van der Waals surface area contributed by atoms with Gasteiger partial charge in [-0.2, -0.15) is 0 Å². The highest BCUT2D eigenvalue weighted by Gasteiger charge is 2.72. The van der Waals surface area contributed by atoms with Gasteiger partial charge in [-0.15, -0.1) is 0 Å². The Morgan fingerprint density at radius 3 is 2.32 bits per heavy atom. The molecular weight excluding hydrogens is 398 g/mol. The van der Waals surface area contributed by atoms with E-state index in [0.29, 0.717) is 18.2 Å². The summed E-state index contributed by atoms with van der Waals surface area (Å²) < 4.78 is 5.24. The molecule has 31 heavy (non-hydrogen) atoms. The van der Waals surface area contributed by atoms with Crippen LogP contribution in [-0.2, 0) is 19.2 Å². The summed E-state index contributed by atoms with van der Waals surface area (Å²) in [6.07, 6.45) is 2.11. The molecule has 1 aliphatic carbocycles. The highest BCUT2D eigenvalue weighted by molar-refractivity contribution is 6.12. The summed E-state index contributed by atoms with van der Waals surface area (Å²) in [5, 5.41) is 0. The lowest BCUT2D eigenvalue weighted by Crippen LogP contribution is -2.67. The maximum absolute atomic E-state index is 13.7. The van der Waals surface area contributed by atoms with Crippen molar-refractivity contribution in [2.45, 2.75) is 38.3 Å². The molecule has 3 saturated heterocycles. The fraction of sp³-hybridized carbons (Fsp3) is 0.565. The first kappa shape index (κ1) is 20.0. The molecule has 164 valence electrons. The van der Waals surface area contributed by atoms with Gasteiger partial charge in [-0.1, -0.05) is 12.1 Å². The van der Waals surface area contributed by atoms with Crippen LogP contribution in [0.15, 0.2) is 24.3 Å². The average Bonchev–Trinajstić information content (AvgIpc) is 3.47. The van der Waals surface area contributed by atoms with Gasteiger partial charge in [-0.3, -0.25) is 24.1 Å². The van der Waals surface area contributed by atoms with Gasteiger partial charge in [0.05, 0.1) is 31.5 Å². The molecule has 1 saturated carbocycles. The summed E-state index contributed by atoms with van der Waals surface area (Å²) in [7, 11) is 1.57. The van der Waals surface area contributed by atoms with Crippen molar-refractivity contribution >= 4 is 23.6 Å². The van der Waals surface area contributed by atoms with E-state index in [-0.39, 0.29) is 36.7 Å². The van der Waals surface area contributed by atoms with Gasteiger partial charge in [-0.25, -0.2) is 0 Å². The van der Waals surface area contributed by atoms with Gasteiger partial charge in [0.25, 0.3) is 0 Å². The number of carbonyl (C=O) groups is 4. The largest absolute Gasteiger partial charge is 0.497 e. The van der Waals surface area contributed by atoms with Crippen LogP contribution in [0.5, 0.6) is 5.75 Å². The number of fused-ring (bicyclic) bond motifs is 3. The minimum absolute atomic E-state index is 0.00308. The van der Waals surface area contributed by atoms with Gasteiger partial charge in [0, 0.05) is 13.1 Å². The lowest BCUT2D eigenvalue weighted by atomic mass is 9.79. The summed E-state index contributed by atoms with van der Waals surface area (Å²) in [5.74, 6) is -1.63. The minimum atomic E-state index is -1.36. The van der Waals surface area contributed by atoms with Crippen LogP contribution < -0.4 is 4.74 Å². The fourth-order valence-electron chi connectivity index (χ4n) is 5.77. The van der Waals surface area contributed by atoms with Crippen LogP contribution in [0.25, 0.3) is 0 Å². The molecule has 5 rings (SSSR count). The molecule has 1 aromatic rings. The van der Waals surface area contributed by atoms with Gasteiger partial charge in [0.2, 0.25) is 23.6 Å². The summed E-state index contributed by atoms with van der Waals surface area (Å²) in [6, 6.07) is 6.51. The van der Waals surface area contributed by atoms with E-state index in [0.717, 1.165) is 18.4 Å². The molecule has 3 aliphatic heterocycles. The van der Waals surface area contributed by atoms with Crippen molar-refractivity contribution in [2.75, 3.05) is 26.7 Å². The Kier molecular flexibility index (Phi) is 4.39. The van der Waals surface area contributed by atoms with Crippen LogP contribution in [0.2, 0.25) is 0 Å². The van der Waals surface area contributed by atoms with Crippen molar-refractivity contribution in [3.05, 3.63) is 29.8 Å². The van der Waals surface area contributed by atoms with E-state index in [1.165, 1.54) is 4.90 Å². The summed E-state index contributed by atoms with van der Waals surface area (Å²) in [5.41, 5.74) is -0.633. The first-order valence-electron chi connectivity index (χ1n) is 10.9. The van der Waals surface area contributed by atoms with E-state index in [2.05, 4.69) is 0 Å². The Balaban J connectivity index is 1.63. The number of hydrogen-bond acceptors (Lipinski definition) is 5. The van der Waals surface area contributed by atoms with Crippen LogP contribution in [0, 0.1) is 17.8 Å². The third-order valence-corrected chi connectivity index (χ3v) is 7.43. The van der Waals surface area contributed by atoms with Crippen molar-refractivity contribution < 1.29 is 23.9 Å². The van der Waals surface area contributed by atoms with Gasteiger partial charge < -0.3 is 14.5 Å². The maximum Gasteiger partial charge on any atom is 0.249 e. The lowest BCUT2D eigenvalue weighted by molar-refractivity contribution is -0.167. The molecular formula is C23H27N3O5. The Hall–Kier alpha value is -2.90. The molecule has 0 aromatic heterocycles. The van der Waals surface area contributed by atoms with Crippen molar-refractivity contribution in [3.63, 3.8) is 0 Å². The van der Waals surface area contributed by atoms with Gasteiger partial charge in [0.15, 0.2) is 0 Å². The maximum atomic E-state index is 13.7. The molecule has 4 fully saturated rings. The predicted octanol–water partition coefficient (Wildman–Crippen LogP) is 1.21. The Bertz CT molecular complexity index is 972. The Morgan fingerprint density at radius 2 is 1.74 bits per heavy atom.